The van der Waals surface area contributed by atoms with Gasteiger partial charge in [-0.1, -0.05) is 6.07 Å². The van der Waals surface area contributed by atoms with Gasteiger partial charge in [0.2, 0.25) is 11.8 Å². The van der Waals surface area contributed by atoms with Gasteiger partial charge in [-0.25, -0.2) is 4.67 Å². The highest BCUT2D eigenvalue weighted by atomic mass is 31.2. The highest BCUT2D eigenvalue weighted by molar-refractivity contribution is 7.44. The first-order chi connectivity index (χ1) is 21.7. The zero-order valence-corrected chi connectivity index (χ0v) is 27.3. The first-order valence-electron chi connectivity index (χ1n) is 15.2. The van der Waals surface area contributed by atoms with Gasteiger partial charge in [-0.15, -0.1) is 0 Å². The van der Waals surface area contributed by atoms with E-state index in [1.54, 1.807) is 18.2 Å². The van der Waals surface area contributed by atoms with Gasteiger partial charge in [0.25, 0.3) is 20.3 Å². The van der Waals surface area contributed by atoms with Crippen molar-refractivity contribution in [1.29, 1.82) is 5.26 Å². The van der Waals surface area contributed by atoms with E-state index in [0.29, 0.717) is 71.5 Å². The van der Waals surface area contributed by atoms with Crippen LogP contribution in [0.1, 0.15) is 67.7 Å². The summed E-state index contributed by atoms with van der Waals surface area (Å²) in [6.45, 7) is 11.7. The number of nitriles is 1. The molecule has 1 fully saturated rings. The molecule has 1 aromatic rings. The number of ether oxygens (including phenoxy) is 3. The topological polar surface area (TPSA) is 169 Å². The van der Waals surface area contributed by atoms with Crippen LogP contribution < -0.4 is 10.6 Å². The fraction of sp³-hybridized carbons (Fsp3) is 0.633. The number of imide groups is 2. The molecule has 45 heavy (non-hydrogen) atoms. The third kappa shape index (κ3) is 10.5. The van der Waals surface area contributed by atoms with Crippen LogP contribution in [0.5, 0.6) is 0 Å². The van der Waals surface area contributed by atoms with Crippen LogP contribution in [0.15, 0.2) is 18.2 Å². The molecule has 2 aliphatic rings. The maximum atomic E-state index is 13.1. The summed E-state index contributed by atoms with van der Waals surface area (Å²) in [6.07, 6.45) is 0.481. The van der Waals surface area contributed by atoms with E-state index in [9.17, 15) is 19.2 Å². The van der Waals surface area contributed by atoms with Gasteiger partial charge in [-0.2, -0.15) is 5.26 Å². The molecular formula is C30H44N5O9P. The molecule has 2 N–H and O–H groups in total. The zero-order valence-electron chi connectivity index (χ0n) is 26.4. The summed E-state index contributed by atoms with van der Waals surface area (Å²) in [5.41, 5.74) is 0.904. The van der Waals surface area contributed by atoms with Crippen molar-refractivity contribution in [3.05, 3.63) is 29.3 Å². The summed E-state index contributed by atoms with van der Waals surface area (Å²) in [7, 11) is -1.29. The lowest BCUT2D eigenvalue weighted by Gasteiger charge is -2.35. The minimum atomic E-state index is -1.29. The molecular weight excluding hydrogens is 605 g/mol. The van der Waals surface area contributed by atoms with Crippen LogP contribution in [0.3, 0.4) is 0 Å². The van der Waals surface area contributed by atoms with Gasteiger partial charge in [0.1, 0.15) is 6.04 Å². The van der Waals surface area contributed by atoms with Crippen molar-refractivity contribution in [1.82, 2.24) is 14.9 Å². The Morgan fingerprint density at radius 2 is 1.56 bits per heavy atom. The number of nitrogens with zero attached hydrogens (tertiary/aromatic N) is 3. The number of amides is 4. The second-order valence-corrected chi connectivity index (χ2v) is 12.3. The highest BCUT2D eigenvalue weighted by Crippen LogP contribution is 2.45. The number of fused-ring (bicyclic) bond motifs is 1. The van der Waals surface area contributed by atoms with Crippen LogP contribution in [0.25, 0.3) is 0 Å². The predicted molar refractivity (Wildman–Crippen MR) is 165 cm³/mol. The van der Waals surface area contributed by atoms with Crippen LogP contribution in [0, 0.1) is 11.3 Å². The first kappa shape index (κ1) is 36.4. The Bertz CT molecular complexity index is 1200. The van der Waals surface area contributed by atoms with E-state index in [4.69, 9.17) is 28.5 Å². The van der Waals surface area contributed by atoms with E-state index in [0.717, 1.165) is 4.90 Å². The van der Waals surface area contributed by atoms with Gasteiger partial charge >= 0.3 is 0 Å². The van der Waals surface area contributed by atoms with Gasteiger partial charge in [-0.05, 0) is 46.2 Å². The van der Waals surface area contributed by atoms with E-state index in [1.807, 2.05) is 0 Å². The van der Waals surface area contributed by atoms with Crippen molar-refractivity contribution in [2.45, 2.75) is 65.1 Å². The van der Waals surface area contributed by atoms with Crippen LogP contribution >= 0.6 is 8.53 Å². The fourth-order valence-electron chi connectivity index (χ4n) is 4.95. The first-order valence-corrected chi connectivity index (χ1v) is 16.3. The van der Waals surface area contributed by atoms with Gasteiger partial charge in [0.15, 0.2) is 0 Å². The van der Waals surface area contributed by atoms with Gasteiger partial charge in [0.05, 0.1) is 76.5 Å². The summed E-state index contributed by atoms with van der Waals surface area (Å²) in [5.74, 6) is -2.17. The lowest BCUT2D eigenvalue weighted by Crippen LogP contribution is -2.54. The van der Waals surface area contributed by atoms with E-state index in [-0.39, 0.29) is 36.1 Å². The fourth-order valence-corrected chi connectivity index (χ4v) is 6.52. The van der Waals surface area contributed by atoms with Crippen LogP contribution in [0.4, 0.5) is 5.69 Å². The minimum absolute atomic E-state index is 0.0660. The van der Waals surface area contributed by atoms with E-state index < -0.39 is 38.2 Å². The molecule has 1 saturated heterocycles. The molecule has 1 aromatic carbocycles. The Kier molecular flexibility index (Phi) is 15.3. The second-order valence-electron chi connectivity index (χ2n) is 10.8. The normalized spacial score (nSPS) is 17.3. The number of piperidine rings is 1. The number of nitrogens with one attached hydrogen (secondary N) is 2. The average molecular weight is 650 g/mol. The molecule has 2 heterocycles. The molecule has 0 aliphatic carbocycles. The third-order valence-electron chi connectivity index (χ3n) is 6.87. The lowest BCUT2D eigenvalue weighted by atomic mass is 10.0. The zero-order chi connectivity index (χ0) is 32.8. The number of hydrogen-bond acceptors (Lipinski definition) is 12. The number of benzene rings is 1. The summed E-state index contributed by atoms with van der Waals surface area (Å²) in [6, 6.07) is 6.45. The van der Waals surface area contributed by atoms with Crippen molar-refractivity contribution in [2.75, 3.05) is 64.7 Å². The van der Waals surface area contributed by atoms with E-state index in [1.165, 1.54) is 0 Å². The number of anilines is 1. The van der Waals surface area contributed by atoms with Crippen molar-refractivity contribution in [2.24, 2.45) is 0 Å². The molecule has 0 spiro atoms. The molecule has 248 valence electrons. The van der Waals surface area contributed by atoms with Crippen molar-refractivity contribution >= 4 is 37.8 Å². The van der Waals surface area contributed by atoms with Crippen molar-refractivity contribution < 1.29 is 42.4 Å². The number of carbonyl (C=O) groups excluding carboxylic acids is 4. The predicted octanol–water partition coefficient (Wildman–Crippen LogP) is 2.84. The van der Waals surface area contributed by atoms with Crippen LogP contribution in [-0.2, 0) is 32.8 Å². The summed E-state index contributed by atoms with van der Waals surface area (Å²) in [5, 5.41) is 14.1. The third-order valence-corrected chi connectivity index (χ3v) is 8.97. The number of carbonyl (C=O) groups is 4. The monoisotopic (exact) mass is 649 g/mol. The molecule has 0 bridgehead atoms. The average Bonchev–Trinajstić information content (AvgIpc) is 3.24. The molecule has 3 rings (SSSR count). The maximum absolute atomic E-state index is 13.1. The quantitative estimate of drug-likeness (QED) is 0.114. The van der Waals surface area contributed by atoms with Gasteiger partial charge in [0, 0.05) is 30.7 Å². The molecule has 0 saturated carbocycles. The number of hydrogen-bond donors (Lipinski definition) is 2. The smallest absolute Gasteiger partial charge is 0.264 e. The standard InChI is InChI=1S/C30H44N5O9P/c1-21(2)35(22(3)4)45(43-13-6-11-31)44-20-19-42-18-17-41-16-15-40-14-12-32-24-8-5-7-23-27(24)30(39)34(29(23)38)25-9-10-26(36)33-28(25)37/h5,7-8,21-22,25,32H,6,9-10,12-20H2,1-4H3,(H,33,36,37). The minimum Gasteiger partial charge on any atom is -0.382 e. The second kappa shape index (κ2) is 18.8. The van der Waals surface area contributed by atoms with Crippen LogP contribution in [0.2, 0.25) is 0 Å². The maximum Gasteiger partial charge on any atom is 0.264 e. The molecule has 2 unspecified atom stereocenters. The Balaban J connectivity index is 1.28. The highest BCUT2D eigenvalue weighted by Gasteiger charge is 2.45. The number of rotatable bonds is 21. The van der Waals surface area contributed by atoms with E-state index in [2.05, 4.69) is 49.1 Å². The van der Waals surface area contributed by atoms with Crippen molar-refractivity contribution in [3.8, 4) is 6.07 Å². The largest absolute Gasteiger partial charge is 0.382 e. The molecule has 0 radical (unpaired) electrons. The Morgan fingerprint density at radius 3 is 2.18 bits per heavy atom. The summed E-state index contributed by atoms with van der Waals surface area (Å²) >= 11 is 0. The summed E-state index contributed by atoms with van der Waals surface area (Å²) in [4.78, 5) is 50.8. The summed E-state index contributed by atoms with van der Waals surface area (Å²) < 4.78 is 30.7. The molecule has 4 amide bonds. The molecule has 14 nitrogen and oxygen atoms in total. The van der Waals surface area contributed by atoms with Gasteiger partial charge in [-0.3, -0.25) is 29.4 Å². The Labute approximate surface area is 265 Å². The SMILES string of the molecule is CC(C)N(C(C)C)P(OCCC#N)OCCOCCOCCOCCNc1cccc2c1C(=O)N(C1CCC(=O)NC1=O)C2=O. The molecule has 15 heteroatoms. The van der Waals surface area contributed by atoms with Gasteiger partial charge < -0.3 is 28.6 Å². The molecule has 0 aromatic heterocycles. The van der Waals surface area contributed by atoms with Crippen LogP contribution in [-0.4, -0.2) is 111 Å². The van der Waals surface area contributed by atoms with Crippen molar-refractivity contribution in [3.63, 3.8) is 0 Å². The molecule has 2 aliphatic heterocycles. The lowest BCUT2D eigenvalue weighted by molar-refractivity contribution is -0.136. The Hall–Kier alpha value is -3.02. The molecule has 2 atom stereocenters. The Morgan fingerprint density at radius 1 is 0.933 bits per heavy atom. The van der Waals surface area contributed by atoms with E-state index >= 15 is 0 Å².